The summed E-state index contributed by atoms with van der Waals surface area (Å²) in [5, 5.41) is 0. The van der Waals surface area contributed by atoms with Crippen molar-refractivity contribution in [1.82, 2.24) is 0 Å². The van der Waals surface area contributed by atoms with Gasteiger partial charge in [-0.05, 0) is 13.3 Å². The molecule has 1 fully saturated rings. The first-order chi connectivity index (χ1) is 4.93. The van der Waals surface area contributed by atoms with Gasteiger partial charge in [-0.3, -0.25) is 0 Å². The Bertz CT molecular complexity index is 106. The van der Waals surface area contributed by atoms with Gasteiger partial charge in [-0.1, -0.05) is 12.2 Å². The third kappa shape index (κ3) is 2.50. The van der Waals surface area contributed by atoms with Crippen molar-refractivity contribution in [2.45, 2.75) is 26.1 Å². The predicted molar refractivity (Wildman–Crippen MR) is 39.7 cm³/mol. The van der Waals surface area contributed by atoms with E-state index in [9.17, 15) is 0 Å². The molecule has 1 saturated heterocycles. The van der Waals surface area contributed by atoms with Crippen molar-refractivity contribution < 1.29 is 9.47 Å². The van der Waals surface area contributed by atoms with Crippen LogP contribution in [0, 0.1) is 0 Å². The Hall–Kier alpha value is -0.340. The Kier molecular flexibility index (Phi) is 3.47. The zero-order valence-electron chi connectivity index (χ0n) is 6.38. The molecule has 1 heterocycles. The van der Waals surface area contributed by atoms with E-state index in [1.165, 1.54) is 0 Å². The van der Waals surface area contributed by atoms with Gasteiger partial charge in [0.25, 0.3) is 0 Å². The van der Waals surface area contributed by atoms with E-state index in [0.717, 1.165) is 26.1 Å². The number of hydrogen-bond donors (Lipinski definition) is 0. The summed E-state index contributed by atoms with van der Waals surface area (Å²) in [7, 11) is 0. The molecule has 0 aromatic rings. The van der Waals surface area contributed by atoms with Gasteiger partial charge in [0.05, 0.1) is 13.2 Å². The highest BCUT2D eigenvalue weighted by Gasteiger charge is 2.17. The van der Waals surface area contributed by atoms with Gasteiger partial charge in [0.15, 0.2) is 6.29 Å². The van der Waals surface area contributed by atoms with E-state index in [0.29, 0.717) is 0 Å². The molecule has 0 aromatic carbocycles. The first-order valence-corrected chi connectivity index (χ1v) is 3.78. The summed E-state index contributed by atoms with van der Waals surface area (Å²) in [6.07, 6.45) is 6.29. The highest BCUT2D eigenvalue weighted by Crippen LogP contribution is 2.11. The summed E-state index contributed by atoms with van der Waals surface area (Å²) >= 11 is 0. The summed E-state index contributed by atoms with van der Waals surface area (Å²) in [4.78, 5) is 0. The van der Waals surface area contributed by atoms with Crippen molar-refractivity contribution in [3.8, 4) is 0 Å². The maximum Gasteiger partial charge on any atom is 0.159 e. The fourth-order valence-corrected chi connectivity index (χ4v) is 0.780. The average molecular weight is 142 g/mol. The van der Waals surface area contributed by atoms with E-state index in [4.69, 9.17) is 9.47 Å². The van der Waals surface area contributed by atoms with Crippen LogP contribution in [-0.2, 0) is 9.47 Å². The largest absolute Gasteiger partial charge is 0.352 e. The lowest BCUT2D eigenvalue weighted by molar-refractivity contribution is -0.213. The van der Waals surface area contributed by atoms with Gasteiger partial charge in [-0.15, -0.1) is 0 Å². The van der Waals surface area contributed by atoms with Crippen molar-refractivity contribution >= 4 is 0 Å². The van der Waals surface area contributed by atoms with Gasteiger partial charge in [-0.2, -0.15) is 0 Å². The van der Waals surface area contributed by atoms with Crippen LogP contribution in [0.25, 0.3) is 0 Å². The monoisotopic (exact) mass is 142 g/mol. The Labute approximate surface area is 61.8 Å². The second-order valence-corrected chi connectivity index (χ2v) is 2.32. The maximum atomic E-state index is 5.31. The number of ether oxygens (including phenoxy) is 2. The highest BCUT2D eigenvalue weighted by molar-refractivity contribution is 4.76. The summed E-state index contributed by atoms with van der Waals surface area (Å²) in [5.41, 5.74) is 0. The zero-order valence-corrected chi connectivity index (χ0v) is 6.38. The molecule has 0 amide bonds. The Balaban J connectivity index is 1.85. The molecule has 2 heteroatoms. The number of hydrogen-bond acceptors (Lipinski definition) is 2. The van der Waals surface area contributed by atoms with Gasteiger partial charge in [-0.25, -0.2) is 0 Å². The third-order valence-corrected chi connectivity index (χ3v) is 1.48. The summed E-state index contributed by atoms with van der Waals surface area (Å²) in [6.45, 7) is 3.67. The Morgan fingerprint density at radius 3 is 3.00 bits per heavy atom. The molecule has 0 aromatic heterocycles. The van der Waals surface area contributed by atoms with Crippen molar-refractivity contribution in [2.24, 2.45) is 0 Å². The lowest BCUT2D eigenvalue weighted by Crippen LogP contribution is -2.29. The minimum absolute atomic E-state index is 0.102. The second-order valence-electron chi connectivity index (χ2n) is 2.32. The Morgan fingerprint density at radius 2 is 2.50 bits per heavy atom. The molecule has 1 aliphatic heterocycles. The van der Waals surface area contributed by atoms with Crippen LogP contribution < -0.4 is 0 Å². The molecule has 58 valence electrons. The molecule has 1 unspecified atom stereocenters. The normalized spacial score (nSPS) is 25.1. The standard InChI is InChI=1S/C8H14O2/c1-2-3-4-6-9-8-5-7-10-8/h2-3,8H,4-7H2,1H3. The smallest absolute Gasteiger partial charge is 0.159 e. The van der Waals surface area contributed by atoms with Crippen molar-refractivity contribution in [1.29, 1.82) is 0 Å². The van der Waals surface area contributed by atoms with Crippen molar-refractivity contribution in [3.63, 3.8) is 0 Å². The topological polar surface area (TPSA) is 18.5 Å². The van der Waals surface area contributed by atoms with E-state index in [2.05, 4.69) is 6.08 Å². The molecule has 10 heavy (non-hydrogen) atoms. The minimum Gasteiger partial charge on any atom is -0.352 e. The second kappa shape index (κ2) is 4.47. The molecule has 1 atom stereocenters. The van der Waals surface area contributed by atoms with E-state index in [-0.39, 0.29) is 6.29 Å². The van der Waals surface area contributed by atoms with E-state index >= 15 is 0 Å². The van der Waals surface area contributed by atoms with Crippen LogP contribution in [-0.4, -0.2) is 19.5 Å². The lowest BCUT2D eigenvalue weighted by atomic mass is 10.3. The fraction of sp³-hybridized carbons (Fsp3) is 0.750. The predicted octanol–water partition coefficient (Wildman–Crippen LogP) is 1.72. The van der Waals surface area contributed by atoms with Gasteiger partial charge in [0, 0.05) is 6.42 Å². The molecule has 1 aliphatic rings. The number of rotatable bonds is 4. The van der Waals surface area contributed by atoms with Crippen molar-refractivity contribution in [2.75, 3.05) is 13.2 Å². The van der Waals surface area contributed by atoms with E-state index in [1.807, 2.05) is 13.0 Å². The SMILES string of the molecule is CC=CCCOC1CCO1. The fourth-order valence-electron chi connectivity index (χ4n) is 0.780. The molecular weight excluding hydrogens is 128 g/mol. The third-order valence-electron chi connectivity index (χ3n) is 1.48. The van der Waals surface area contributed by atoms with Gasteiger partial charge < -0.3 is 9.47 Å². The van der Waals surface area contributed by atoms with Crippen LogP contribution in [0.5, 0.6) is 0 Å². The lowest BCUT2D eigenvalue weighted by Gasteiger charge is -2.25. The quantitative estimate of drug-likeness (QED) is 0.439. The molecule has 1 rings (SSSR count). The summed E-state index contributed by atoms with van der Waals surface area (Å²) < 4.78 is 10.4. The molecule has 0 N–H and O–H groups in total. The van der Waals surface area contributed by atoms with Gasteiger partial charge in [0.1, 0.15) is 0 Å². The first-order valence-electron chi connectivity index (χ1n) is 3.78. The minimum atomic E-state index is 0.102. The first kappa shape index (κ1) is 7.76. The van der Waals surface area contributed by atoms with E-state index in [1.54, 1.807) is 0 Å². The number of allylic oxidation sites excluding steroid dienone is 1. The average Bonchev–Trinajstić information content (AvgIpc) is 1.84. The maximum absolute atomic E-state index is 5.31. The molecule has 2 nitrogen and oxygen atoms in total. The molecule has 0 bridgehead atoms. The molecule has 0 saturated carbocycles. The van der Waals surface area contributed by atoms with Crippen LogP contribution in [0.4, 0.5) is 0 Å². The molecule has 0 radical (unpaired) electrons. The summed E-state index contributed by atoms with van der Waals surface area (Å²) in [5.74, 6) is 0. The van der Waals surface area contributed by atoms with E-state index < -0.39 is 0 Å². The van der Waals surface area contributed by atoms with Crippen LogP contribution in [0.15, 0.2) is 12.2 Å². The van der Waals surface area contributed by atoms with Gasteiger partial charge in [0.2, 0.25) is 0 Å². The van der Waals surface area contributed by atoms with Crippen LogP contribution in [0.1, 0.15) is 19.8 Å². The molecule has 0 spiro atoms. The Morgan fingerprint density at radius 1 is 1.70 bits per heavy atom. The van der Waals surface area contributed by atoms with Crippen molar-refractivity contribution in [3.05, 3.63) is 12.2 Å². The van der Waals surface area contributed by atoms with Crippen LogP contribution in [0.3, 0.4) is 0 Å². The van der Waals surface area contributed by atoms with Crippen LogP contribution >= 0.6 is 0 Å². The zero-order chi connectivity index (χ0) is 7.23. The highest BCUT2D eigenvalue weighted by atomic mass is 16.7. The summed E-state index contributed by atoms with van der Waals surface area (Å²) in [6, 6.07) is 0. The van der Waals surface area contributed by atoms with Crippen LogP contribution in [0.2, 0.25) is 0 Å². The van der Waals surface area contributed by atoms with Gasteiger partial charge >= 0.3 is 0 Å². The molecular formula is C8H14O2. The molecule has 0 aliphatic carbocycles.